The van der Waals surface area contributed by atoms with Crippen LogP contribution in [0, 0.1) is 13.8 Å². The SMILES string of the molecule is Cc1ccc(NC(=O)Nc2cccc(Br)c2)cc1C. The third-order valence-electron chi connectivity index (χ3n) is 2.85. The van der Waals surface area contributed by atoms with Gasteiger partial charge >= 0.3 is 6.03 Å². The standard InChI is InChI=1S/C15H15BrN2O/c1-10-6-7-14(8-11(10)2)18-15(19)17-13-5-3-4-12(16)9-13/h3-9H,1-2H3,(H2,17,18,19). The van der Waals surface area contributed by atoms with E-state index in [0.717, 1.165) is 21.4 Å². The molecule has 2 amide bonds. The molecule has 0 atom stereocenters. The maximum atomic E-state index is 11.9. The molecule has 0 unspecified atom stereocenters. The lowest BCUT2D eigenvalue weighted by Gasteiger charge is -2.09. The van der Waals surface area contributed by atoms with Gasteiger partial charge in [-0.1, -0.05) is 28.1 Å². The van der Waals surface area contributed by atoms with Gasteiger partial charge in [-0.15, -0.1) is 0 Å². The molecule has 0 aromatic heterocycles. The van der Waals surface area contributed by atoms with Gasteiger partial charge in [-0.3, -0.25) is 0 Å². The number of carbonyl (C=O) groups is 1. The van der Waals surface area contributed by atoms with Gasteiger partial charge in [0.2, 0.25) is 0 Å². The minimum Gasteiger partial charge on any atom is -0.308 e. The number of amides is 2. The van der Waals surface area contributed by atoms with Gasteiger partial charge in [0.05, 0.1) is 0 Å². The lowest BCUT2D eigenvalue weighted by atomic mass is 10.1. The van der Waals surface area contributed by atoms with Gasteiger partial charge < -0.3 is 10.6 Å². The second-order valence-electron chi connectivity index (χ2n) is 4.39. The Labute approximate surface area is 121 Å². The van der Waals surface area contributed by atoms with Crippen molar-refractivity contribution in [2.45, 2.75) is 13.8 Å². The van der Waals surface area contributed by atoms with E-state index >= 15 is 0 Å². The Kier molecular flexibility index (Phi) is 4.22. The van der Waals surface area contributed by atoms with E-state index in [9.17, 15) is 4.79 Å². The first-order valence-corrected chi connectivity index (χ1v) is 6.75. The molecule has 0 heterocycles. The first-order chi connectivity index (χ1) is 9.04. The summed E-state index contributed by atoms with van der Waals surface area (Å²) in [5.74, 6) is 0. The number of hydrogen-bond donors (Lipinski definition) is 2. The smallest absolute Gasteiger partial charge is 0.308 e. The van der Waals surface area contributed by atoms with Crippen LogP contribution in [-0.4, -0.2) is 6.03 Å². The maximum Gasteiger partial charge on any atom is 0.323 e. The summed E-state index contributed by atoms with van der Waals surface area (Å²) in [4.78, 5) is 11.9. The number of aryl methyl sites for hydroxylation is 2. The van der Waals surface area contributed by atoms with Crippen molar-refractivity contribution < 1.29 is 4.79 Å². The normalized spacial score (nSPS) is 10.1. The van der Waals surface area contributed by atoms with Crippen LogP contribution in [-0.2, 0) is 0 Å². The summed E-state index contributed by atoms with van der Waals surface area (Å²) in [6.07, 6.45) is 0. The third-order valence-corrected chi connectivity index (χ3v) is 3.34. The molecule has 4 heteroatoms. The van der Waals surface area contributed by atoms with E-state index in [1.54, 1.807) is 0 Å². The van der Waals surface area contributed by atoms with Crippen molar-refractivity contribution in [3.8, 4) is 0 Å². The fraction of sp³-hybridized carbons (Fsp3) is 0.133. The topological polar surface area (TPSA) is 41.1 Å². The molecular formula is C15H15BrN2O. The van der Waals surface area contributed by atoms with Gasteiger partial charge in [0, 0.05) is 15.8 Å². The molecule has 2 rings (SSSR count). The predicted octanol–water partition coefficient (Wildman–Crippen LogP) is 4.71. The summed E-state index contributed by atoms with van der Waals surface area (Å²) in [6, 6.07) is 13.1. The molecule has 2 aromatic rings. The molecule has 2 aromatic carbocycles. The molecule has 0 aliphatic carbocycles. The van der Waals surface area contributed by atoms with Crippen LogP contribution in [0.25, 0.3) is 0 Å². The Morgan fingerprint density at radius 2 is 1.63 bits per heavy atom. The monoisotopic (exact) mass is 318 g/mol. The number of hydrogen-bond acceptors (Lipinski definition) is 1. The molecule has 98 valence electrons. The first-order valence-electron chi connectivity index (χ1n) is 5.95. The zero-order valence-electron chi connectivity index (χ0n) is 10.8. The van der Waals surface area contributed by atoms with E-state index < -0.39 is 0 Å². The first kappa shape index (κ1) is 13.6. The van der Waals surface area contributed by atoms with E-state index in [0.29, 0.717) is 0 Å². The molecule has 3 nitrogen and oxygen atoms in total. The van der Waals surface area contributed by atoms with Crippen LogP contribution < -0.4 is 10.6 Å². The van der Waals surface area contributed by atoms with Gasteiger partial charge in [-0.2, -0.15) is 0 Å². The number of halogens is 1. The number of urea groups is 1. The summed E-state index contributed by atoms with van der Waals surface area (Å²) in [7, 11) is 0. The van der Waals surface area contributed by atoms with E-state index in [1.165, 1.54) is 5.56 Å². The van der Waals surface area contributed by atoms with Crippen LogP contribution in [0.15, 0.2) is 46.9 Å². The third kappa shape index (κ3) is 3.83. The van der Waals surface area contributed by atoms with Gasteiger partial charge in [-0.25, -0.2) is 4.79 Å². The largest absolute Gasteiger partial charge is 0.323 e. The summed E-state index contributed by atoms with van der Waals surface area (Å²) < 4.78 is 0.927. The van der Waals surface area contributed by atoms with Gasteiger partial charge in [0.1, 0.15) is 0 Å². The number of benzene rings is 2. The van der Waals surface area contributed by atoms with Crippen LogP contribution in [0.2, 0.25) is 0 Å². The second kappa shape index (κ2) is 5.89. The fourth-order valence-corrected chi connectivity index (χ4v) is 2.08. The Morgan fingerprint density at radius 3 is 2.26 bits per heavy atom. The average Bonchev–Trinajstić information content (AvgIpc) is 2.34. The molecule has 2 N–H and O–H groups in total. The molecule has 0 bridgehead atoms. The Hall–Kier alpha value is -1.81. The molecule has 0 fully saturated rings. The van der Waals surface area contributed by atoms with Gasteiger partial charge in [0.15, 0.2) is 0 Å². The molecule has 0 aliphatic heterocycles. The highest BCUT2D eigenvalue weighted by molar-refractivity contribution is 9.10. The van der Waals surface area contributed by atoms with Crippen molar-refractivity contribution >= 4 is 33.3 Å². The Bertz CT molecular complexity index is 611. The molecule has 0 spiro atoms. The Morgan fingerprint density at radius 1 is 0.947 bits per heavy atom. The highest BCUT2D eigenvalue weighted by Gasteiger charge is 2.03. The van der Waals surface area contributed by atoms with Crippen molar-refractivity contribution in [2.24, 2.45) is 0 Å². The van der Waals surface area contributed by atoms with Crippen molar-refractivity contribution in [3.05, 3.63) is 58.1 Å². The molecule has 0 radical (unpaired) electrons. The number of nitrogens with one attached hydrogen (secondary N) is 2. The number of rotatable bonds is 2. The summed E-state index contributed by atoms with van der Waals surface area (Å²) in [6.45, 7) is 4.06. The quantitative estimate of drug-likeness (QED) is 0.827. The van der Waals surface area contributed by atoms with Crippen molar-refractivity contribution in [2.75, 3.05) is 10.6 Å². The minimum absolute atomic E-state index is 0.249. The lowest BCUT2D eigenvalue weighted by Crippen LogP contribution is -2.19. The summed E-state index contributed by atoms with van der Waals surface area (Å²) >= 11 is 3.36. The van der Waals surface area contributed by atoms with Crippen molar-refractivity contribution in [1.82, 2.24) is 0 Å². The van der Waals surface area contributed by atoms with E-state index in [4.69, 9.17) is 0 Å². The second-order valence-corrected chi connectivity index (χ2v) is 5.30. The lowest BCUT2D eigenvalue weighted by molar-refractivity contribution is 0.262. The van der Waals surface area contributed by atoms with Gasteiger partial charge in [0.25, 0.3) is 0 Å². The summed E-state index contributed by atoms with van der Waals surface area (Å²) in [5, 5.41) is 5.60. The highest BCUT2D eigenvalue weighted by atomic mass is 79.9. The predicted molar refractivity (Wildman–Crippen MR) is 82.7 cm³/mol. The average molecular weight is 319 g/mol. The molecular weight excluding hydrogens is 304 g/mol. The zero-order valence-corrected chi connectivity index (χ0v) is 12.4. The van der Waals surface area contributed by atoms with E-state index in [1.807, 2.05) is 56.3 Å². The van der Waals surface area contributed by atoms with Crippen LogP contribution in [0.1, 0.15) is 11.1 Å². The van der Waals surface area contributed by atoms with Crippen LogP contribution in [0.4, 0.5) is 16.2 Å². The van der Waals surface area contributed by atoms with Crippen molar-refractivity contribution in [1.29, 1.82) is 0 Å². The highest BCUT2D eigenvalue weighted by Crippen LogP contribution is 2.17. The Balaban J connectivity index is 2.03. The van der Waals surface area contributed by atoms with E-state index in [2.05, 4.69) is 26.6 Å². The minimum atomic E-state index is -0.249. The molecule has 19 heavy (non-hydrogen) atoms. The number of anilines is 2. The number of carbonyl (C=O) groups excluding carboxylic acids is 1. The zero-order chi connectivity index (χ0) is 13.8. The molecule has 0 saturated carbocycles. The van der Waals surface area contributed by atoms with Crippen LogP contribution in [0.3, 0.4) is 0 Å². The van der Waals surface area contributed by atoms with Gasteiger partial charge in [-0.05, 0) is 55.3 Å². The molecule has 0 aliphatic rings. The maximum absolute atomic E-state index is 11.9. The van der Waals surface area contributed by atoms with Crippen LogP contribution >= 0.6 is 15.9 Å². The fourth-order valence-electron chi connectivity index (χ4n) is 1.68. The van der Waals surface area contributed by atoms with E-state index in [-0.39, 0.29) is 6.03 Å². The van der Waals surface area contributed by atoms with Crippen LogP contribution in [0.5, 0.6) is 0 Å². The molecule has 0 saturated heterocycles. The summed E-state index contributed by atoms with van der Waals surface area (Å²) in [5.41, 5.74) is 3.89. The van der Waals surface area contributed by atoms with Crippen molar-refractivity contribution in [3.63, 3.8) is 0 Å².